The summed E-state index contributed by atoms with van der Waals surface area (Å²) < 4.78 is 26.5. The lowest BCUT2D eigenvalue weighted by molar-refractivity contribution is 0.584. The highest BCUT2D eigenvalue weighted by Gasteiger charge is 2.10. The molecule has 2 nitrogen and oxygen atoms in total. The molecule has 1 heterocycles. The summed E-state index contributed by atoms with van der Waals surface area (Å²) in [5.41, 5.74) is 0.773. The Balaban J connectivity index is 2.24. The largest absolute Gasteiger partial charge is 0.228 e. The number of hydrogen-bond donors (Lipinski definition) is 0. The molecule has 0 aliphatic heterocycles. The van der Waals surface area contributed by atoms with Gasteiger partial charge in [0.15, 0.2) is 5.82 Å². The number of benzene rings is 2. The van der Waals surface area contributed by atoms with Crippen molar-refractivity contribution in [2.45, 2.75) is 0 Å². The number of aromatic nitrogens is 2. The summed E-state index contributed by atoms with van der Waals surface area (Å²) in [6.07, 6.45) is 0. The SMILES string of the molecule is Fc1cc(F)cc(-c2nc(Cl)c3cc(Cl)ccc3n2)c1. The van der Waals surface area contributed by atoms with Gasteiger partial charge in [-0.25, -0.2) is 18.7 Å². The van der Waals surface area contributed by atoms with E-state index in [1.165, 1.54) is 0 Å². The Hall–Kier alpha value is -1.78. The first kappa shape index (κ1) is 13.2. The zero-order valence-corrected chi connectivity index (χ0v) is 11.4. The van der Waals surface area contributed by atoms with E-state index in [-0.39, 0.29) is 16.5 Å². The molecule has 0 bridgehead atoms. The molecule has 20 heavy (non-hydrogen) atoms. The van der Waals surface area contributed by atoms with Crippen molar-refractivity contribution in [2.75, 3.05) is 0 Å². The van der Waals surface area contributed by atoms with Crippen molar-refractivity contribution in [3.8, 4) is 11.4 Å². The van der Waals surface area contributed by atoms with Crippen LogP contribution >= 0.6 is 23.2 Å². The molecule has 0 amide bonds. The van der Waals surface area contributed by atoms with Crippen LogP contribution in [0.2, 0.25) is 10.2 Å². The fourth-order valence-electron chi connectivity index (χ4n) is 1.88. The minimum Gasteiger partial charge on any atom is -0.228 e. The van der Waals surface area contributed by atoms with Gasteiger partial charge in [-0.15, -0.1) is 0 Å². The maximum Gasteiger partial charge on any atom is 0.161 e. The van der Waals surface area contributed by atoms with E-state index in [9.17, 15) is 8.78 Å². The van der Waals surface area contributed by atoms with Crippen molar-refractivity contribution in [3.05, 3.63) is 58.2 Å². The van der Waals surface area contributed by atoms with Crippen LogP contribution in [0.15, 0.2) is 36.4 Å². The molecule has 3 aromatic rings. The normalized spacial score (nSPS) is 11.0. The number of nitrogens with zero attached hydrogens (tertiary/aromatic N) is 2. The van der Waals surface area contributed by atoms with Gasteiger partial charge in [0.25, 0.3) is 0 Å². The third-order valence-electron chi connectivity index (χ3n) is 2.73. The first-order valence-corrected chi connectivity index (χ1v) is 6.38. The molecule has 2 aromatic carbocycles. The maximum absolute atomic E-state index is 13.2. The Morgan fingerprint density at radius 1 is 0.850 bits per heavy atom. The van der Waals surface area contributed by atoms with Gasteiger partial charge in [-0.1, -0.05) is 23.2 Å². The van der Waals surface area contributed by atoms with E-state index in [4.69, 9.17) is 23.2 Å². The van der Waals surface area contributed by atoms with Gasteiger partial charge in [0.2, 0.25) is 0 Å². The van der Waals surface area contributed by atoms with Crippen LogP contribution < -0.4 is 0 Å². The first-order chi connectivity index (χ1) is 9.52. The zero-order valence-electron chi connectivity index (χ0n) is 9.87. The third kappa shape index (κ3) is 2.44. The van der Waals surface area contributed by atoms with Gasteiger partial charge in [-0.2, -0.15) is 0 Å². The summed E-state index contributed by atoms with van der Waals surface area (Å²) in [4.78, 5) is 8.30. The van der Waals surface area contributed by atoms with Gasteiger partial charge < -0.3 is 0 Å². The number of hydrogen-bond acceptors (Lipinski definition) is 2. The van der Waals surface area contributed by atoms with Crippen LogP contribution in [0.5, 0.6) is 0 Å². The van der Waals surface area contributed by atoms with Crippen molar-refractivity contribution in [1.82, 2.24) is 9.97 Å². The van der Waals surface area contributed by atoms with E-state index in [0.717, 1.165) is 18.2 Å². The van der Waals surface area contributed by atoms with Crippen LogP contribution in [0.25, 0.3) is 22.3 Å². The van der Waals surface area contributed by atoms with E-state index in [1.54, 1.807) is 18.2 Å². The summed E-state index contributed by atoms with van der Waals surface area (Å²) in [6.45, 7) is 0. The topological polar surface area (TPSA) is 25.8 Å². The van der Waals surface area contributed by atoms with Crippen LogP contribution in [0.4, 0.5) is 8.78 Å². The lowest BCUT2D eigenvalue weighted by Gasteiger charge is -2.05. The van der Waals surface area contributed by atoms with E-state index >= 15 is 0 Å². The molecule has 0 spiro atoms. The quantitative estimate of drug-likeness (QED) is 0.598. The summed E-state index contributed by atoms with van der Waals surface area (Å²) in [5.74, 6) is -1.24. The van der Waals surface area contributed by atoms with E-state index < -0.39 is 11.6 Å². The Morgan fingerprint density at radius 3 is 2.25 bits per heavy atom. The van der Waals surface area contributed by atoms with Gasteiger partial charge >= 0.3 is 0 Å². The van der Waals surface area contributed by atoms with Crippen molar-refractivity contribution >= 4 is 34.1 Å². The second kappa shape index (κ2) is 4.96. The van der Waals surface area contributed by atoms with Crippen LogP contribution in [0.1, 0.15) is 0 Å². The molecule has 0 saturated heterocycles. The minimum absolute atomic E-state index is 0.156. The van der Waals surface area contributed by atoms with Gasteiger partial charge in [-0.05, 0) is 30.3 Å². The zero-order chi connectivity index (χ0) is 14.3. The molecule has 0 aliphatic rings. The molecule has 0 radical (unpaired) electrons. The molecule has 1 aromatic heterocycles. The summed E-state index contributed by atoms with van der Waals surface area (Å²) in [6, 6.07) is 8.04. The molecule has 0 aliphatic carbocycles. The molecular weight excluding hydrogens is 305 g/mol. The molecule has 3 rings (SSSR count). The fourth-order valence-corrected chi connectivity index (χ4v) is 2.28. The van der Waals surface area contributed by atoms with Crippen LogP contribution in [0, 0.1) is 11.6 Å². The highest BCUT2D eigenvalue weighted by Crippen LogP contribution is 2.27. The van der Waals surface area contributed by atoms with E-state index in [1.807, 2.05) is 0 Å². The monoisotopic (exact) mass is 310 g/mol. The standard InChI is InChI=1S/C14H6Cl2F2N2/c15-8-1-2-12-11(5-8)13(16)20-14(19-12)7-3-9(17)6-10(18)4-7/h1-6H. The Morgan fingerprint density at radius 2 is 1.55 bits per heavy atom. The number of rotatable bonds is 1. The molecule has 0 atom stereocenters. The minimum atomic E-state index is -0.698. The van der Waals surface area contributed by atoms with Crippen molar-refractivity contribution in [3.63, 3.8) is 0 Å². The summed E-state index contributed by atoms with van der Waals surface area (Å²) >= 11 is 11.9. The molecule has 0 fully saturated rings. The van der Waals surface area contributed by atoms with Gasteiger partial charge in [0.05, 0.1) is 5.52 Å². The average molecular weight is 311 g/mol. The van der Waals surface area contributed by atoms with Crippen molar-refractivity contribution < 1.29 is 8.78 Å². The second-order valence-corrected chi connectivity index (χ2v) is 4.95. The van der Waals surface area contributed by atoms with Crippen LogP contribution in [-0.4, -0.2) is 9.97 Å². The molecule has 0 N–H and O–H groups in total. The lowest BCUT2D eigenvalue weighted by atomic mass is 10.2. The van der Waals surface area contributed by atoms with Gasteiger partial charge in [0.1, 0.15) is 16.8 Å². The van der Waals surface area contributed by atoms with Crippen LogP contribution in [-0.2, 0) is 0 Å². The van der Waals surface area contributed by atoms with E-state index in [2.05, 4.69) is 9.97 Å². The van der Waals surface area contributed by atoms with Crippen molar-refractivity contribution in [1.29, 1.82) is 0 Å². The Bertz CT molecular complexity index is 801. The maximum atomic E-state index is 13.2. The van der Waals surface area contributed by atoms with Gasteiger partial charge in [0, 0.05) is 22.0 Å². The Kier molecular flexibility index (Phi) is 3.28. The molecule has 0 unspecified atom stereocenters. The average Bonchev–Trinajstić information content (AvgIpc) is 2.38. The molecule has 6 heteroatoms. The van der Waals surface area contributed by atoms with Gasteiger partial charge in [-0.3, -0.25) is 0 Å². The summed E-state index contributed by atoms with van der Waals surface area (Å²) in [5, 5.41) is 1.27. The highest BCUT2D eigenvalue weighted by molar-refractivity contribution is 6.35. The molecule has 100 valence electrons. The molecular formula is C14H6Cl2F2N2. The summed E-state index contributed by atoms with van der Waals surface area (Å²) in [7, 11) is 0. The number of fused-ring (bicyclic) bond motifs is 1. The highest BCUT2D eigenvalue weighted by atomic mass is 35.5. The predicted octanol–water partition coefficient (Wildman–Crippen LogP) is 4.88. The first-order valence-electron chi connectivity index (χ1n) is 5.62. The lowest BCUT2D eigenvalue weighted by Crippen LogP contribution is -1.93. The fraction of sp³-hybridized carbons (Fsp3) is 0. The third-order valence-corrected chi connectivity index (χ3v) is 3.26. The molecule has 0 saturated carbocycles. The second-order valence-electron chi connectivity index (χ2n) is 4.16. The smallest absolute Gasteiger partial charge is 0.161 e. The van der Waals surface area contributed by atoms with Crippen LogP contribution in [0.3, 0.4) is 0 Å². The van der Waals surface area contributed by atoms with E-state index in [0.29, 0.717) is 15.9 Å². The van der Waals surface area contributed by atoms with Crippen molar-refractivity contribution in [2.24, 2.45) is 0 Å². The Labute approximate surface area is 123 Å². The number of halogens is 4. The predicted molar refractivity (Wildman–Crippen MR) is 74.9 cm³/mol.